The van der Waals surface area contributed by atoms with E-state index in [1.807, 2.05) is 6.07 Å². The molecule has 0 heterocycles. The van der Waals surface area contributed by atoms with Crippen LogP contribution in [-0.2, 0) is 0 Å². The summed E-state index contributed by atoms with van der Waals surface area (Å²) in [5, 5.41) is 3.68. The van der Waals surface area contributed by atoms with Crippen molar-refractivity contribution in [2.24, 2.45) is 11.5 Å². The number of hydrogen-bond donors (Lipinski definition) is 3. The highest BCUT2D eigenvalue weighted by Gasteiger charge is 2.23. The van der Waals surface area contributed by atoms with Crippen molar-refractivity contribution < 1.29 is 4.79 Å². The Bertz CT molecular complexity index is 450. The standard InChI is InChI=1S/C13H18ClN3O/c14-8-4-3-7-11(12(8)13(16)18)17-10-6-2-1-5-9(10)15/h3-4,7,9-10,17H,1-2,5-6,15H2,(H2,16,18)/t9-,10-/m1/s1. The summed E-state index contributed by atoms with van der Waals surface area (Å²) in [5.41, 5.74) is 12.5. The molecule has 1 saturated carbocycles. The monoisotopic (exact) mass is 267 g/mol. The molecule has 98 valence electrons. The summed E-state index contributed by atoms with van der Waals surface area (Å²) in [4.78, 5) is 11.4. The van der Waals surface area contributed by atoms with Crippen LogP contribution >= 0.6 is 11.6 Å². The first kappa shape index (κ1) is 13.2. The minimum atomic E-state index is -0.521. The average Bonchev–Trinajstić information content (AvgIpc) is 2.31. The predicted octanol–water partition coefficient (Wildman–Crippen LogP) is 2.12. The number of benzene rings is 1. The van der Waals surface area contributed by atoms with Gasteiger partial charge in [-0.25, -0.2) is 0 Å². The zero-order valence-corrected chi connectivity index (χ0v) is 10.9. The fraction of sp³-hybridized carbons (Fsp3) is 0.462. The van der Waals surface area contributed by atoms with Gasteiger partial charge in [0.05, 0.1) is 10.6 Å². The predicted molar refractivity (Wildman–Crippen MR) is 73.8 cm³/mol. The third-order valence-corrected chi connectivity index (χ3v) is 3.74. The SMILES string of the molecule is NC(=O)c1c(Cl)cccc1N[C@@H]1CCCC[C@H]1N. The normalized spacial score (nSPS) is 23.7. The van der Waals surface area contributed by atoms with E-state index >= 15 is 0 Å². The molecule has 18 heavy (non-hydrogen) atoms. The van der Waals surface area contributed by atoms with E-state index in [0.717, 1.165) is 25.7 Å². The smallest absolute Gasteiger partial charge is 0.252 e. The Balaban J connectivity index is 2.23. The Morgan fingerprint density at radius 3 is 2.72 bits per heavy atom. The van der Waals surface area contributed by atoms with E-state index < -0.39 is 5.91 Å². The van der Waals surface area contributed by atoms with Crippen molar-refractivity contribution in [2.75, 3.05) is 5.32 Å². The molecule has 0 radical (unpaired) electrons. The molecular formula is C13H18ClN3O. The van der Waals surface area contributed by atoms with E-state index in [1.54, 1.807) is 12.1 Å². The molecule has 5 N–H and O–H groups in total. The van der Waals surface area contributed by atoms with Gasteiger partial charge >= 0.3 is 0 Å². The van der Waals surface area contributed by atoms with E-state index in [0.29, 0.717) is 16.3 Å². The van der Waals surface area contributed by atoms with E-state index in [1.165, 1.54) is 0 Å². The van der Waals surface area contributed by atoms with E-state index in [2.05, 4.69) is 5.32 Å². The number of rotatable bonds is 3. The summed E-state index contributed by atoms with van der Waals surface area (Å²) in [6.07, 6.45) is 4.32. The van der Waals surface area contributed by atoms with Gasteiger partial charge in [0.25, 0.3) is 5.91 Å². The highest BCUT2D eigenvalue weighted by Crippen LogP contribution is 2.27. The van der Waals surface area contributed by atoms with Crippen LogP contribution in [0.25, 0.3) is 0 Å². The van der Waals surface area contributed by atoms with Crippen LogP contribution < -0.4 is 16.8 Å². The van der Waals surface area contributed by atoms with Crippen LogP contribution in [0, 0.1) is 0 Å². The van der Waals surface area contributed by atoms with E-state index in [9.17, 15) is 4.79 Å². The molecule has 2 rings (SSSR count). The lowest BCUT2D eigenvalue weighted by molar-refractivity contribution is 0.100. The Kier molecular flexibility index (Phi) is 4.09. The molecule has 5 heteroatoms. The maximum absolute atomic E-state index is 11.4. The van der Waals surface area contributed by atoms with Crippen LogP contribution in [-0.4, -0.2) is 18.0 Å². The number of anilines is 1. The molecule has 0 saturated heterocycles. The summed E-state index contributed by atoms with van der Waals surface area (Å²) in [6.45, 7) is 0. The Morgan fingerprint density at radius 2 is 2.06 bits per heavy atom. The second-order valence-electron chi connectivity index (χ2n) is 4.73. The number of nitrogens with one attached hydrogen (secondary N) is 1. The summed E-state index contributed by atoms with van der Waals surface area (Å²) in [6, 6.07) is 5.56. The molecule has 0 aromatic heterocycles. The maximum Gasteiger partial charge on any atom is 0.252 e. The first-order valence-electron chi connectivity index (χ1n) is 6.20. The zero-order chi connectivity index (χ0) is 13.1. The van der Waals surface area contributed by atoms with Crippen molar-refractivity contribution in [2.45, 2.75) is 37.8 Å². The molecule has 0 aliphatic heterocycles. The Labute approximate surface area is 112 Å². The number of halogens is 1. The second kappa shape index (κ2) is 5.59. The molecule has 1 aromatic rings. The number of amides is 1. The summed E-state index contributed by atoms with van der Waals surface area (Å²) < 4.78 is 0. The van der Waals surface area contributed by atoms with Crippen molar-refractivity contribution in [3.05, 3.63) is 28.8 Å². The lowest BCUT2D eigenvalue weighted by atomic mass is 9.90. The van der Waals surface area contributed by atoms with E-state index in [-0.39, 0.29) is 12.1 Å². The molecule has 0 unspecified atom stereocenters. The van der Waals surface area contributed by atoms with Gasteiger partial charge in [-0.3, -0.25) is 4.79 Å². The molecule has 4 nitrogen and oxygen atoms in total. The summed E-state index contributed by atoms with van der Waals surface area (Å²) >= 11 is 6.01. The van der Waals surface area contributed by atoms with Gasteiger partial charge in [0.15, 0.2) is 0 Å². The van der Waals surface area contributed by atoms with Gasteiger partial charge in [-0.2, -0.15) is 0 Å². The van der Waals surface area contributed by atoms with Gasteiger partial charge in [0.1, 0.15) is 0 Å². The Morgan fingerprint density at radius 1 is 1.33 bits per heavy atom. The van der Waals surface area contributed by atoms with Crippen molar-refractivity contribution >= 4 is 23.2 Å². The lowest BCUT2D eigenvalue weighted by Crippen LogP contribution is -2.42. The number of hydrogen-bond acceptors (Lipinski definition) is 3. The van der Waals surface area contributed by atoms with Crippen LogP contribution in [0.2, 0.25) is 5.02 Å². The Hall–Kier alpha value is -1.26. The molecule has 0 bridgehead atoms. The molecule has 1 fully saturated rings. The topological polar surface area (TPSA) is 81.1 Å². The van der Waals surface area contributed by atoms with Crippen LogP contribution in [0.1, 0.15) is 36.0 Å². The van der Waals surface area contributed by atoms with Crippen molar-refractivity contribution in [3.8, 4) is 0 Å². The number of carbonyl (C=O) groups excluding carboxylic acids is 1. The van der Waals surface area contributed by atoms with Gasteiger partial charge in [-0.15, -0.1) is 0 Å². The van der Waals surface area contributed by atoms with Gasteiger partial charge in [-0.05, 0) is 25.0 Å². The third kappa shape index (κ3) is 2.76. The number of carbonyl (C=O) groups is 1. The average molecular weight is 268 g/mol. The molecular weight excluding hydrogens is 250 g/mol. The number of primary amides is 1. The molecule has 0 spiro atoms. The fourth-order valence-electron chi connectivity index (χ4n) is 2.43. The second-order valence-corrected chi connectivity index (χ2v) is 5.13. The molecule has 1 aromatic carbocycles. The van der Waals surface area contributed by atoms with Gasteiger partial charge in [0.2, 0.25) is 0 Å². The van der Waals surface area contributed by atoms with E-state index in [4.69, 9.17) is 23.1 Å². The minimum absolute atomic E-state index is 0.110. The van der Waals surface area contributed by atoms with Crippen molar-refractivity contribution in [3.63, 3.8) is 0 Å². The summed E-state index contributed by atoms with van der Waals surface area (Å²) in [7, 11) is 0. The lowest BCUT2D eigenvalue weighted by Gasteiger charge is -2.30. The molecule has 1 aliphatic carbocycles. The van der Waals surface area contributed by atoms with Crippen LogP contribution in [0.5, 0.6) is 0 Å². The van der Waals surface area contributed by atoms with Gasteiger partial charge < -0.3 is 16.8 Å². The van der Waals surface area contributed by atoms with Crippen molar-refractivity contribution in [1.82, 2.24) is 0 Å². The highest BCUT2D eigenvalue weighted by molar-refractivity contribution is 6.34. The van der Waals surface area contributed by atoms with Crippen LogP contribution in [0.15, 0.2) is 18.2 Å². The van der Waals surface area contributed by atoms with Crippen LogP contribution in [0.3, 0.4) is 0 Å². The quantitative estimate of drug-likeness (QED) is 0.785. The molecule has 1 aliphatic rings. The van der Waals surface area contributed by atoms with Crippen LogP contribution in [0.4, 0.5) is 5.69 Å². The summed E-state index contributed by atoms with van der Waals surface area (Å²) in [5.74, 6) is -0.521. The first-order valence-corrected chi connectivity index (χ1v) is 6.58. The fourth-order valence-corrected chi connectivity index (χ4v) is 2.70. The molecule has 2 atom stereocenters. The van der Waals surface area contributed by atoms with Crippen molar-refractivity contribution in [1.29, 1.82) is 0 Å². The third-order valence-electron chi connectivity index (χ3n) is 3.42. The minimum Gasteiger partial charge on any atom is -0.380 e. The highest BCUT2D eigenvalue weighted by atomic mass is 35.5. The van der Waals surface area contributed by atoms with Gasteiger partial charge in [-0.1, -0.05) is 30.5 Å². The first-order chi connectivity index (χ1) is 8.59. The maximum atomic E-state index is 11.4. The molecule has 1 amide bonds. The largest absolute Gasteiger partial charge is 0.380 e. The zero-order valence-electron chi connectivity index (χ0n) is 10.2. The number of nitrogens with two attached hydrogens (primary N) is 2. The van der Waals surface area contributed by atoms with Gasteiger partial charge in [0, 0.05) is 17.8 Å².